The van der Waals surface area contributed by atoms with Crippen LogP contribution in [0.1, 0.15) is 5.56 Å². The summed E-state index contributed by atoms with van der Waals surface area (Å²) in [6.45, 7) is 0.649. The van der Waals surface area contributed by atoms with Crippen LogP contribution in [0.25, 0.3) is 0 Å². The van der Waals surface area contributed by atoms with Gasteiger partial charge in [-0.3, -0.25) is 4.99 Å². The normalized spacial score (nSPS) is 10.6. The van der Waals surface area contributed by atoms with E-state index in [-0.39, 0.29) is 24.0 Å². The lowest BCUT2D eigenvalue weighted by molar-refractivity contribution is 0.324. The van der Waals surface area contributed by atoms with Gasteiger partial charge in [-0.25, -0.2) is 0 Å². The second-order valence-corrected chi connectivity index (χ2v) is 6.15. The summed E-state index contributed by atoms with van der Waals surface area (Å²) < 4.78 is 21.3. The molecule has 9 heteroatoms. The molecule has 0 amide bonds. The topological polar surface area (TPSA) is 73.3 Å². The van der Waals surface area contributed by atoms with E-state index in [9.17, 15) is 0 Å². The number of benzene rings is 2. The highest BCUT2D eigenvalue weighted by Crippen LogP contribution is 2.39. The molecule has 29 heavy (non-hydrogen) atoms. The highest BCUT2D eigenvalue weighted by Gasteiger charge is 2.14. The number of methoxy groups -OCH3 is 4. The third kappa shape index (κ3) is 6.74. The molecule has 0 unspecified atom stereocenters. The van der Waals surface area contributed by atoms with Crippen LogP contribution in [0.2, 0.25) is 5.02 Å². The summed E-state index contributed by atoms with van der Waals surface area (Å²) in [6, 6.07) is 9.28. The van der Waals surface area contributed by atoms with Gasteiger partial charge in [0.2, 0.25) is 5.75 Å². The summed E-state index contributed by atoms with van der Waals surface area (Å²) in [5.74, 6) is 3.00. The maximum atomic E-state index is 6.29. The Morgan fingerprint density at radius 2 is 1.62 bits per heavy atom. The fourth-order valence-corrected chi connectivity index (χ4v) is 2.91. The third-order valence-electron chi connectivity index (χ3n) is 4.10. The monoisotopic (exact) mass is 535 g/mol. The van der Waals surface area contributed by atoms with Crippen molar-refractivity contribution in [1.29, 1.82) is 0 Å². The van der Waals surface area contributed by atoms with Gasteiger partial charge in [0, 0.05) is 36.4 Å². The molecule has 0 fully saturated rings. The van der Waals surface area contributed by atoms with Gasteiger partial charge in [0.1, 0.15) is 5.75 Å². The predicted molar refractivity (Wildman–Crippen MR) is 128 cm³/mol. The van der Waals surface area contributed by atoms with E-state index in [1.807, 2.05) is 24.3 Å². The van der Waals surface area contributed by atoms with E-state index < -0.39 is 0 Å². The van der Waals surface area contributed by atoms with E-state index in [0.717, 1.165) is 23.4 Å². The first-order valence-electron chi connectivity index (χ1n) is 8.66. The standard InChI is InChI=1S/C20H26ClN3O4.HI/c1-22-20(23-9-8-13-6-7-15(25-2)12-16(13)21)24-14-10-17(26-3)19(28-5)18(11-14)27-4;/h6-7,10-12H,8-9H2,1-5H3,(H2,22,23,24);1H. The summed E-state index contributed by atoms with van der Waals surface area (Å²) in [5, 5.41) is 7.16. The molecule has 0 aliphatic carbocycles. The SMILES string of the molecule is CN=C(NCCc1ccc(OC)cc1Cl)Nc1cc(OC)c(OC)c(OC)c1.I. The second kappa shape index (κ2) is 12.5. The van der Waals surface area contributed by atoms with E-state index in [2.05, 4.69) is 15.6 Å². The first-order valence-corrected chi connectivity index (χ1v) is 9.04. The Balaban J connectivity index is 0.00000420. The van der Waals surface area contributed by atoms with Crippen molar-refractivity contribution in [2.45, 2.75) is 6.42 Å². The number of hydrogen-bond acceptors (Lipinski definition) is 5. The second-order valence-electron chi connectivity index (χ2n) is 5.75. The minimum Gasteiger partial charge on any atom is -0.497 e. The van der Waals surface area contributed by atoms with E-state index in [1.54, 1.807) is 41.6 Å². The van der Waals surface area contributed by atoms with Crippen LogP contribution in [-0.4, -0.2) is 48.0 Å². The van der Waals surface area contributed by atoms with Crippen molar-refractivity contribution in [2.75, 3.05) is 47.3 Å². The minimum absolute atomic E-state index is 0. The Morgan fingerprint density at radius 3 is 2.10 bits per heavy atom. The Hall–Kier alpha value is -2.07. The summed E-state index contributed by atoms with van der Waals surface area (Å²) in [4.78, 5) is 4.25. The zero-order valence-corrected chi connectivity index (χ0v) is 20.3. The summed E-state index contributed by atoms with van der Waals surface area (Å²) >= 11 is 6.29. The maximum Gasteiger partial charge on any atom is 0.203 e. The molecule has 2 aromatic rings. The van der Waals surface area contributed by atoms with E-state index in [0.29, 0.717) is 34.8 Å². The fraction of sp³-hybridized carbons (Fsp3) is 0.350. The molecular weight excluding hydrogens is 509 g/mol. The number of nitrogens with zero attached hydrogens (tertiary/aromatic N) is 1. The molecule has 0 saturated carbocycles. The highest BCUT2D eigenvalue weighted by molar-refractivity contribution is 14.0. The van der Waals surface area contributed by atoms with Crippen molar-refractivity contribution in [3.63, 3.8) is 0 Å². The van der Waals surface area contributed by atoms with Crippen LogP contribution < -0.4 is 29.6 Å². The lowest BCUT2D eigenvalue weighted by Crippen LogP contribution is -2.32. The zero-order valence-electron chi connectivity index (χ0n) is 17.2. The van der Waals surface area contributed by atoms with Crippen molar-refractivity contribution in [3.05, 3.63) is 40.9 Å². The number of ether oxygens (including phenoxy) is 4. The molecule has 2 N–H and O–H groups in total. The molecule has 0 aliphatic heterocycles. The maximum absolute atomic E-state index is 6.29. The van der Waals surface area contributed by atoms with Gasteiger partial charge >= 0.3 is 0 Å². The number of rotatable bonds is 8. The van der Waals surface area contributed by atoms with Crippen molar-refractivity contribution in [2.24, 2.45) is 4.99 Å². The number of nitrogens with one attached hydrogen (secondary N) is 2. The highest BCUT2D eigenvalue weighted by atomic mass is 127. The average Bonchev–Trinajstić information content (AvgIpc) is 2.72. The lowest BCUT2D eigenvalue weighted by Gasteiger charge is -2.16. The van der Waals surface area contributed by atoms with E-state index >= 15 is 0 Å². The molecule has 2 rings (SSSR count). The quantitative estimate of drug-likeness (QED) is 0.300. The number of aliphatic imine (C=N–C) groups is 1. The first kappa shape index (κ1) is 25.0. The van der Waals surface area contributed by atoms with E-state index in [1.165, 1.54) is 0 Å². The fourth-order valence-electron chi connectivity index (χ4n) is 2.64. The molecule has 160 valence electrons. The lowest BCUT2D eigenvalue weighted by atomic mass is 10.1. The molecule has 0 radical (unpaired) electrons. The minimum atomic E-state index is 0. The van der Waals surface area contributed by atoms with Crippen LogP contribution in [-0.2, 0) is 6.42 Å². The van der Waals surface area contributed by atoms with Crippen LogP contribution in [0.5, 0.6) is 23.0 Å². The van der Waals surface area contributed by atoms with Gasteiger partial charge in [0.15, 0.2) is 17.5 Å². The Bertz CT molecular complexity index is 808. The molecule has 2 aromatic carbocycles. The Kier molecular flexibility index (Phi) is 10.7. The van der Waals surface area contributed by atoms with Gasteiger partial charge in [-0.1, -0.05) is 17.7 Å². The van der Waals surface area contributed by atoms with Crippen LogP contribution in [0.4, 0.5) is 5.69 Å². The molecule has 0 atom stereocenters. The van der Waals surface area contributed by atoms with Crippen LogP contribution in [0.15, 0.2) is 35.3 Å². The van der Waals surface area contributed by atoms with Gasteiger partial charge in [0.25, 0.3) is 0 Å². The third-order valence-corrected chi connectivity index (χ3v) is 4.45. The van der Waals surface area contributed by atoms with Gasteiger partial charge in [-0.2, -0.15) is 0 Å². The van der Waals surface area contributed by atoms with Gasteiger partial charge in [-0.15, -0.1) is 24.0 Å². The smallest absolute Gasteiger partial charge is 0.203 e. The largest absolute Gasteiger partial charge is 0.497 e. The van der Waals surface area contributed by atoms with Crippen molar-refractivity contribution < 1.29 is 18.9 Å². The van der Waals surface area contributed by atoms with E-state index in [4.69, 9.17) is 30.5 Å². The number of halogens is 2. The Morgan fingerprint density at radius 1 is 0.966 bits per heavy atom. The molecule has 7 nitrogen and oxygen atoms in total. The van der Waals surface area contributed by atoms with Crippen molar-refractivity contribution in [3.8, 4) is 23.0 Å². The average molecular weight is 536 g/mol. The summed E-state index contributed by atoms with van der Waals surface area (Å²) in [7, 11) is 8.04. The molecule has 0 heterocycles. The molecular formula is C20H27ClIN3O4. The number of hydrogen-bond donors (Lipinski definition) is 2. The van der Waals surface area contributed by atoms with Crippen LogP contribution >= 0.6 is 35.6 Å². The molecule has 0 aliphatic rings. The summed E-state index contributed by atoms with van der Waals surface area (Å²) in [6.07, 6.45) is 0.735. The summed E-state index contributed by atoms with van der Waals surface area (Å²) in [5.41, 5.74) is 1.78. The van der Waals surface area contributed by atoms with Crippen molar-refractivity contribution >= 4 is 47.2 Å². The van der Waals surface area contributed by atoms with Gasteiger partial charge < -0.3 is 29.6 Å². The van der Waals surface area contributed by atoms with Gasteiger partial charge in [0.05, 0.1) is 28.4 Å². The van der Waals surface area contributed by atoms with Crippen LogP contribution in [0.3, 0.4) is 0 Å². The van der Waals surface area contributed by atoms with Crippen LogP contribution in [0, 0.1) is 0 Å². The molecule has 0 spiro atoms. The molecule has 0 aromatic heterocycles. The van der Waals surface area contributed by atoms with Gasteiger partial charge in [-0.05, 0) is 24.1 Å². The number of guanidine groups is 1. The Labute approximate surface area is 193 Å². The molecule has 0 bridgehead atoms. The zero-order chi connectivity index (χ0) is 20.5. The molecule has 0 saturated heterocycles. The number of anilines is 1. The predicted octanol–water partition coefficient (Wildman–Crippen LogP) is 4.22. The first-order chi connectivity index (χ1) is 13.6. The van der Waals surface area contributed by atoms with Crippen molar-refractivity contribution in [1.82, 2.24) is 5.32 Å².